The lowest BCUT2D eigenvalue weighted by molar-refractivity contribution is 0.378. The van der Waals surface area contributed by atoms with Crippen LogP contribution in [0, 0.1) is 6.92 Å². The number of rotatable bonds is 3. The number of hydrogen-bond donors (Lipinski definition) is 1. The fraction of sp³-hybridized carbons (Fsp3) is 0.364. The van der Waals surface area contributed by atoms with E-state index in [0.29, 0.717) is 17.5 Å². The summed E-state index contributed by atoms with van der Waals surface area (Å²) in [6.07, 6.45) is 1.76. The predicted molar refractivity (Wildman–Crippen MR) is 60.7 cm³/mol. The molecule has 2 aromatic rings. The number of aromatic nitrogens is 3. The quantitative estimate of drug-likeness (QED) is 0.852. The molecular formula is C11H14N4O. The average Bonchev–Trinajstić information content (AvgIpc) is 2.67. The van der Waals surface area contributed by atoms with Gasteiger partial charge in [0.05, 0.1) is 5.56 Å². The van der Waals surface area contributed by atoms with Gasteiger partial charge in [-0.3, -0.25) is 0 Å². The molecular weight excluding hydrogens is 204 g/mol. The highest BCUT2D eigenvalue weighted by atomic mass is 16.5. The molecule has 0 bridgehead atoms. The topological polar surface area (TPSA) is 77.8 Å². The zero-order valence-electron chi connectivity index (χ0n) is 9.40. The van der Waals surface area contributed by atoms with Crippen molar-refractivity contribution in [2.24, 2.45) is 0 Å². The molecule has 5 heteroatoms. The van der Waals surface area contributed by atoms with Crippen LogP contribution < -0.4 is 5.73 Å². The SMILES string of the molecule is CCCc1nc(-c2ccc(C)nc2N)no1. The summed E-state index contributed by atoms with van der Waals surface area (Å²) in [5.41, 5.74) is 7.40. The second-order valence-electron chi connectivity index (χ2n) is 3.65. The van der Waals surface area contributed by atoms with Crippen molar-refractivity contribution in [3.63, 3.8) is 0 Å². The second kappa shape index (κ2) is 4.30. The third-order valence-electron chi connectivity index (χ3n) is 2.24. The minimum atomic E-state index is 0.434. The van der Waals surface area contributed by atoms with E-state index in [1.54, 1.807) is 0 Å². The van der Waals surface area contributed by atoms with Gasteiger partial charge in [0.15, 0.2) is 0 Å². The van der Waals surface area contributed by atoms with Gasteiger partial charge in [-0.2, -0.15) is 4.98 Å². The molecule has 2 rings (SSSR count). The molecule has 5 nitrogen and oxygen atoms in total. The molecule has 0 amide bonds. The lowest BCUT2D eigenvalue weighted by atomic mass is 10.2. The Morgan fingerprint density at radius 2 is 2.12 bits per heavy atom. The highest BCUT2D eigenvalue weighted by Crippen LogP contribution is 2.21. The molecule has 0 aliphatic heterocycles. The van der Waals surface area contributed by atoms with Gasteiger partial charge >= 0.3 is 0 Å². The Bertz CT molecular complexity index is 492. The van der Waals surface area contributed by atoms with Crippen molar-refractivity contribution in [1.82, 2.24) is 15.1 Å². The largest absolute Gasteiger partial charge is 0.383 e. The van der Waals surface area contributed by atoms with Crippen LogP contribution in [0.4, 0.5) is 5.82 Å². The lowest BCUT2D eigenvalue weighted by Crippen LogP contribution is -1.96. The molecule has 2 aromatic heterocycles. The molecule has 0 saturated carbocycles. The number of anilines is 1. The van der Waals surface area contributed by atoms with Crippen molar-refractivity contribution in [3.05, 3.63) is 23.7 Å². The van der Waals surface area contributed by atoms with Crippen molar-refractivity contribution in [1.29, 1.82) is 0 Å². The molecule has 0 fully saturated rings. The van der Waals surface area contributed by atoms with Gasteiger partial charge in [0.1, 0.15) is 5.82 Å². The summed E-state index contributed by atoms with van der Waals surface area (Å²) in [6.45, 7) is 3.95. The first-order valence-corrected chi connectivity index (χ1v) is 5.26. The number of pyridine rings is 1. The van der Waals surface area contributed by atoms with E-state index >= 15 is 0 Å². The van der Waals surface area contributed by atoms with Gasteiger partial charge in [-0.25, -0.2) is 4.98 Å². The first-order valence-electron chi connectivity index (χ1n) is 5.26. The molecule has 2 heterocycles. The van der Waals surface area contributed by atoms with Crippen LogP contribution in [-0.2, 0) is 6.42 Å². The van der Waals surface area contributed by atoms with Gasteiger partial charge in [0.25, 0.3) is 0 Å². The van der Waals surface area contributed by atoms with Crippen molar-refractivity contribution in [2.75, 3.05) is 5.73 Å². The Morgan fingerprint density at radius 3 is 2.81 bits per heavy atom. The first-order chi connectivity index (χ1) is 7.70. The zero-order valence-corrected chi connectivity index (χ0v) is 9.40. The van der Waals surface area contributed by atoms with Crippen LogP contribution in [0.5, 0.6) is 0 Å². The van der Waals surface area contributed by atoms with Crippen molar-refractivity contribution in [2.45, 2.75) is 26.7 Å². The minimum absolute atomic E-state index is 0.434. The van der Waals surface area contributed by atoms with E-state index in [1.165, 1.54) is 0 Å². The number of nitrogens with zero attached hydrogens (tertiary/aromatic N) is 3. The smallest absolute Gasteiger partial charge is 0.226 e. The standard InChI is InChI=1S/C11H14N4O/c1-3-4-9-14-11(15-16-9)8-6-5-7(2)13-10(8)12/h5-6H,3-4H2,1-2H3,(H2,12,13). The second-order valence-corrected chi connectivity index (χ2v) is 3.65. The first kappa shape index (κ1) is 10.6. The van der Waals surface area contributed by atoms with Crippen LogP contribution in [0.1, 0.15) is 24.9 Å². The molecule has 16 heavy (non-hydrogen) atoms. The molecule has 0 aromatic carbocycles. The van der Waals surface area contributed by atoms with Gasteiger partial charge in [-0.05, 0) is 25.5 Å². The van der Waals surface area contributed by atoms with Crippen LogP contribution >= 0.6 is 0 Å². The number of aryl methyl sites for hydroxylation is 2. The molecule has 0 aliphatic rings. The zero-order chi connectivity index (χ0) is 11.5. The summed E-state index contributed by atoms with van der Waals surface area (Å²) in [5.74, 6) is 1.58. The molecule has 0 saturated heterocycles. The molecule has 0 unspecified atom stereocenters. The molecule has 2 N–H and O–H groups in total. The van der Waals surface area contributed by atoms with E-state index in [2.05, 4.69) is 22.0 Å². The Labute approximate surface area is 93.7 Å². The van der Waals surface area contributed by atoms with E-state index in [0.717, 1.165) is 24.1 Å². The Hall–Kier alpha value is -1.91. The molecule has 0 spiro atoms. The number of nitrogens with two attached hydrogens (primary N) is 1. The maximum absolute atomic E-state index is 5.80. The van der Waals surface area contributed by atoms with E-state index < -0.39 is 0 Å². The van der Waals surface area contributed by atoms with Crippen molar-refractivity contribution in [3.8, 4) is 11.4 Å². The summed E-state index contributed by atoms with van der Waals surface area (Å²) < 4.78 is 5.10. The van der Waals surface area contributed by atoms with Crippen molar-refractivity contribution < 1.29 is 4.52 Å². The monoisotopic (exact) mass is 218 g/mol. The summed E-state index contributed by atoms with van der Waals surface area (Å²) >= 11 is 0. The van der Waals surface area contributed by atoms with Gasteiger partial charge < -0.3 is 10.3 Å². The molecule has 84 valence electrons. The van der Waals surface area contributed by atoms with Crippen LogP contribution in [0.15, 0.2) is 16.7 Å². The molecule has 0 atom stereocenters. The summed E-state index contributed by atoms with van der Waals surface area (Å²) in [4.78, 5) is 8.42. The van der Waals surface area contributed by atoms with E-state index in [1.807, 2.05) is 19.1 Å². The molecule has 0 radical (unpaired) electrons. The van der Waals surface area contributed by atoms with Gasteiger partial charge in [0.2, 0.25) is 11.7 Å². The Balaban J connectivity index is 2.35. The fourth-order valence-corrected chi connectivity index (χ4v) is 1.45. The van der Waals surface area contributed by atoms with E-state index in [9.17, 15) is 0 Å². The van der Waals surface area contributed by atoms with Crippen LogP contribution in [0.3, 0.4) is 0 Å². The highest BCUT2D eigenvalue weighted by Gasteiger charge is 2.11. The van der Waals surface area contributed by atoms with Crippen LogP contribution in [0.2, 0.25) is 0 Å². The van der Waals surface area contributed by atoms with E-state index in [4.69, 9.17) is 10.3 Å². The Morgan fingerprint density at radius 1 is 1.31 bits per heavy atom. The average molecular weight is 218 g/mol. The van der Waals surface area contributed by atoms with Gasteiger partial charge in [-0.15, -0.1) is 0 Å². The number of hydrogen-bond acceptors (Lipinski definition) is 5. The minimum Gasteiger partial charge on any atom is -0.383 e. The summed E-state index contributed by atoms with van der Waals surface area (Å²) in [6, 6.07) is 3.74. The van der Waals surface area contributed by atoms with Gasteiger partial charge in [0, 0.05) is 12.1 Å². The predicted octanol–water partition coefficient (Wildman–Crippen LogP) is 1.97. The van der Waals surface area contributed by atoms with Crippen LogP contribution in [0.25, 0.3) is 11.4 Å². The maximum atomic E-state index is 5.80. The third-order valence-corrected chi connectivity index (χ3v) is 2.24. The highest BCUT2D eigenvalue weighted by molar-refractivity contribution is 5.67. The molecule has 0 aliphatic carbocycles. The number of nitrogen functional groups attached to an aromatic ring is 1. The fourth-order valence-electron chi connectivity index (χ4n) is 1.45. The summed E-state index contributed by atoms with van der Waals surface area (Å²) in [5, 5.41) is 3.89. The summed E-state index contributed by atoms with van der Waals surface area (Å²) in [7, 11) is 0. The van der Waals surface area contributed by atoms with Gasteiger partial charge in [-0.1, -0.05) is 12.1 Å². The maximum Gasteiger partial charge on any atom is 0.226 e. The Kier molecular flexibility index (Phi) is 2.85. The van der Waals surface area contributed by atoms with Crippen molar-refractivity contribution >= 4 is 5.82 Å². The van der Waals surface area contributed by atoms with Crippen LogP contribution in [-0.4, -0.2) is 15.1 Å². The lowest BCUT2D eigenvalue weighted by Gasteiger charge is -2.00. The normalized spacial score (nSPS) is 10.6. The third kappa shape index (κ3) is 2.03. The van der Waals surface area contributed by atoms with E-state index in [-0.39, 0.29) is 0 Å².